The molecule has 2 unspecified atom stereocenters. The van der Waals surface area contributed by atoms with Crippen molar-refractivity contribution in [1.82, 2.24) is 15.1 Å². The highest BCUT2D eigenvalue weighted by atomic mass is 16.2. The Kier molecular flexibility index (Phi) is 3.58. The van der Waals surface area contributed by atoms with Crippen molar-refractivity contribution in [1.29, 1.82) is 0 Å². The van der Waals surface area contributed by atoms with E-state index in [0.29, 0.717) is 37.6 Å². The number of carbonyl (C=O) groups is 2. The molecule has 3 aliphatic heterocycles. The number of nitrogens with zero attached hydrogens (tertiary/aromatic N) is 2. The van der Waals surface area contributed by atoms with Gasteiger partial charge in [-0.15, -0.1) is 0 Å². The summed E-state index contributed by atoms with van der Waals surface area (Å²) in [4.78, 5) is 27.3. The Morgan fingerprint density at radius 1 is 1.37 bits per heavy atom. The molecule has 3 rings (SSSR count). The summed E-state index contributed by atoms with van der Waals surface area (Å²) in [7, 11) is 2.02. The van der Waals surface area contributed by atoms with E-state index in [1.54, 1.807) is 0 Å². The molecule has 0 aromatic carbocycles. The van der Waals surface area contributed by atoms with Crippen LogP contribution < -0.4 is 5.32 Å². The van der Waals surface area contributed by atoms with Gasteiger partial charge in [-0.3, -0.25) is 19.4 Å². The zero-order chi connectivity index (χ0) is 13.4. The molecule has 0 aromatic rings. The number of fused-ring (bicyclic) bond motifs is 2. The van der Waals surface area contributed by atoms with Gasteiger partial charge in [-0.05, 0) is 39.2 Å². The summed E-state index contributed by atoms with van der Waals surface area (Å²) in [6.07, 6.45) is 6.17. The van der Waals surface area contributed by atoms with Crippen LogP contribution in [-0.4, -0.2) is 59.9 Å². The van der Waals surface area contributed by atoms with Crippen molar-refractivity contribution in [3.8, 4) is 0 Å². The Labute approximate surface area is 114 Å². The topological polar surface area (TPSA) is 52.7 Å². The number of amides is 2. The first kappa shape index (κ1) is 13.1. The zero-order valence-electron chi connectivity index (χ0n) is 11.6. The standard InChI is InChI=1S/C14H23N3O2/c1-16(9-14(19)17-6-2-3-13(17)18)12-7-10-4-5-11(8-12)15-10/h10-12,15H,2-9H2,1H3. The minimum Gasteiger partial charge on any atom is -0.311 e. The van der Waals surface area contributed by atoms with E-state index >= 15 is 0 Å². The van der Waals surface area contributed by atoms with Gasteiger partial charge in [0.2, 0.25) is 11.8 Å². The Bertz CT molecular complexity index is 373. The van der Waals surface area contributed by atoms with Crippen molar-refractivity contribution < 1.29 is 9.59 Å². The van der Waals surface area contributed by atoms with Crippen molar-refractivity contribution in [2.45, 2.75) is 56.7 Å². The Morgan fingerprint density at radius 3 is 2.63 bits per heavy atom. The predicted molar refractivity (Wildman–Crippen MR) is 71.6 cm³/mol. The molecule has 106 valence electrons. The maximum Gasteiger partial charge on any atom is 0.243 e. The third-order valence-corrected chi connectivity index (χ3v) is 4.83. The van der Waals surface area contributed by atoms with Gasteiger partial charge in [-0.1, -0.05) is 0 Å². The fourth-order valence-electron chi connectivity index (χ4n) is 3.73. The van der Waals surface area contributed by atoms with Crippen LogP contribution in [0.25, 0.3) is 0 Å². The van der Waals surface area contributed by atoms with E-state index in [9.17, 15) is 9.59 Å². The molecule has 3 saturated heterocycles. The van der Waals surface area contributed by atoms with Crippen LogP contribution in [0, 0.1) is 0 Å². The lowest BCUT2D eigenvalue weighted by atomic mass is 9.98. The summed E-state index contributed by atoms with van der Waals surface area (Å²) in [6, 6.07) is 1.75. The van der Waals surface area contributed by atoms with E-state index in [-0.39, 0.29) is 11.8 Å². The normalized spacial score (nSPS) is 34.3. The lowest BCUT2D eigenvalue weighted by molar-refractivity contribution is -0.142. The van der Waals surface area contributed by atoms with Crippen LogP contribution in [0.5, 0.6) is 0 Å². The van der Waals surface area contributed by atoms with Crippen molar-refractivity contribution in [3.05, 3.63) is 0 Å². The number of carbonyl (C=O) groups excluding carboxylic acids is 2. The van der Waals surface area contributed by atoms with Crippen LogP contribution in [0.15, 0.2) is 0 Å². The molecule has 5 heteroatoms. The second kappa shape index (κ2) is 5.21. The summed E-state index contributed by atoms with van der Waals surface area (Å²) in [6.45, 7) is 0.999. The van der Waals surface area contributed by atoms with Crippen molar-refractivity contribution >= 4 is 11.8 Å². The second-order valence-electron chi connectivity index (χ2n) is 6.22. The third-order valence-electron chi connectivity index (χ3n) is 4.83. The minimum atomic E-state index is -0.0177. The van der Waals surface area contributed by atoms with E-state index in [0.717, 1.165) is 19.3 Å². The number of hydrogen-bond acceptors (Lipinski definition) is 4. The first-order valence-electron chi connectivity index (χ1n) is 7.43. The summed E-state index contributed by atoms with van der Waals surface area (Å²) in [5.74, 6) is -0.0142. The molecule has 0 radical (unpaired) electrons. The van der Waals surface area contributed by atoms with Gasteiger partial charge in [0.25, 0.3) is 0 Å². The number of imide groups is 1. The fraction of sp³-hybridized carbons (Fsp3) is 0.857. The molecule has 3 heterocycles. The molecular weight excluding hydrogens is 242 g/mol. The molecule has 3 fully saturated rings. The Morgan fingerprint density at radius 2 is 2.05 bits per heavy atom. The highest BCUT2D eigenvalue weighted by molar-refractivity contribution is 5.97. The largest absolute Gasteiger partial charge is 0.311 e. The average Bonchev–Trinajstić information content (AvgIpc) is 2.95. The predicted octanol–water partition coefficient (Wildman–Crippen LogP) is 0.350. The minimum absolute atomic E-state index is 0.00350. The molecule has 2 bridgehead atoms. The maximum absolute atomic E-state index is 12.1. The molecule has 2 amide bonds. The molecule has 5 nitrogen and oxygen atoms in total. The van der Waals surface area contributed by atoms with Gasteiger partial charge >= 0.3 is 0 Å². The van der Waals surface area contributed by atoms with E-state index in [2.05, 4.69) is 10.2 Å². The average molecular weight is 265 g/mol. The Balaban J connectivity index is 1.54. The number of rotatable bonds is 3. The van der Waals surface area contributed by atoms with E-state index in [4.69, 9.17) is 0 Å². The van der Waals surface area contributed by atoms with Gasteiger partial charge in [0.1, 0.15) is 0 Å². The number of hydrogen-bond donors (Lipinski definition) is 1. The zero-order valence-corrected chi connectivity index (χ0v) is 11.6. The number of piperidine rings is 1. The van der Waals surface area contributed by atoms with Crippen LogP contribution in [0.2, 0.25) is 0 Å². The Hall–Kier alpha value is -0.940. The van der Waals surface area contributed by atoms with Gasteiger partial charge in [-0.2, -0.15) is 0 Å². The SMILES string of the molecule is CN(CC(=O)N1CCCC1=O)C1CC2CCC(C1)N2. The van der Waals surface area contributed by atoms with Crippen molar-refractivity contribution in [2.75, 3.05) is 20.1 Å². The molecule has 0 aromatic heterocycles. The number of likely N-dealkylation sites (tertiary alicyclic amines) is 1. The number of nitrogens with one attached hydrogen (secondary N) is 1. The fourth-order valence-corrected chi connectivity index (χ4v) is 3.73. The summed E-state index contributed by atoms with van der Waals surface area (Å²) in [5, 5.41) is 3.61. The molecule has 0 spiro atoms. The van der Waals surface area contributed by atoms with Crippen LogP contribution in [0.3, 0.4) is 0 Å². The second-order valence-corrected chi connectivity index (χ2v) is 6.22. The first-order chi connectivity index (χ1) is 9.13. The van der Waals surface area contributed by atoms with E-state index in [1.165, 1.54) is 17.7 Å². The smallest absolute Gasteiger partial charge is 0.243 e. The van der Waals surface area contributed by atoms with Crippen molar-refractivity contribution in [3.63, 3.8) is 0 Å². The highest BCUT2D eigenvalue weighted by Crippen LogP contribution is 2.29. The molecule has 0 saturated carbocycles. The lowest BCUT2D eigenvalue weighted by Crippen LogP contribution is -2.50. The maximum atomic E-state index is 12.1. The van der Waals surface area contributed by atoms with Crippen molar-refractivity contribution in [2.24, 2.45) is 0 Å². The van der Waals surface area contributed by atoms with Crippen LogP contribution >= 0.6 is 0 Å². The monoisotopic (exact) mass is 265 g/mol. The molecule has 1 N–H and O–H groups in total. The van der Waals surface area contributed by atoms with E-state index in [1.807, 2.05) is 7.05 Å². The van der Waals surface area contributed by atoms with Crippen LogP contribution in [-0.2, 0) is 9.59 Å². The summed E-state index contributed by atoms with van der Waals surface area (Å²) >= 11 is 0. The molecule has 3 aliphatic rings. The summed E-state index contributed by atoms with van der Waals surface area (Å²) in [5.41, 5.74) is 0. The van der Waals surface area contributed by atoms with Crippen LogP contribution in [0.4, 0.5) is 0 Å². The van der Waals surface area contributed by atoms with Gasteiger partial charge < -0.3 is 5.32 Å². The van der Waals surface area contributed by atoms with Crippen LogP contribution in [0.1, 0.15) is 38.5 Å². The van der Waals surface area contributed by atoms with Gasteiger partial charge in [0.05, 0.1) is 6.54 Å². The van der Waals surface area contributed by atoms with Gasteiger partial charge in [0.15, 0.2) is 0 Å². The quantitative estimate of drug-likeness (QED) is 0.800. The number of likely N-dealkylation sites (N-methyl/N-ethyl adjacent to an activating group) is 1. The molecular formula is C14H23N3O2. The highest BCUT2D eigenvalue weighted by Gasteiger charge is 2.36. The first-order valence-corrected chi connectivity index (χ1v) is 7.43. The third kappa shape index (κ3) is 2.67. The van der Waals surface area contributed by atoms with Gasteiger partial charge in [0, 0.05) is 31.1 Å². The molecule has 0 aliphatic carbocycles. The lowest BCUT2D eigenvalue weighted by Gasteiger charge is -2.35. The molecule has 2 atom stereocenters. The van der Waals surface area contributed by atoms with Gasteiger partial charge in [-0.25, -0.2) is 0 Å². The summed E-state index contributed by atoms with van der Waals surface area (Å²) < 4.78 is 0. The van der Waals surface area contributed by atoms with E-state index < -0.39 is 0 Å². The molecule has 19 heavy (non-hydrogen) atoms.